The van der Waals surface area contributed by atoms with E-state index in [0.717, 1.165) is 5.56 Å². The van der Waals surface area contributed by atoms with E-state index >= 15 is 0 Å². The molecule has 1 aliphatic heterocycles. The predicted molar refractivity (Wildman–Crippen MR) is 76.8 cm³/mol. The Morgan fingerprint density at radius 2 is 1.95 bits per heavy atom. The third-order valence-corrected chi connectivity index (χ3v) is 2.85. The maximum atomic E-state index is 11.9. The van der Waals surface area contributed by atoms with E-state index in [1.807, 2.05) is 51.1 Å². The third-order valence-electron chi connectivity index (χ3n) is 2.85. The van der Waals surface area contributed by atoms with Gasteiger partial charge in [-0.15, -0.1) is 0 Å². The number of carbonyl (C=O) groups excluding carboxylic acids is 2. The first-order chi connectivity index (χ1) is 9.35. The molecule has 1 heterocycles. The lowest BCUT2D eigenvalue weighted by molar-refractivity contribution is -0.157. The second-order valence-electron chi connectivity index (χ2n) is 5.84. The number of rotatable bonds is 2. The molecule has 0 saturated carbocycles. The number of ether oxygens (including phenoxy) is 1. The maximum absolute atomic E-state index is 11.9. The molecular formula is C16H19NO3. The minimum absolute atomic E-state index is 0.204. The van der Waals surface area contributed by atoms with Gasteiger partial charge in [-0.05, 0) is 32.4 Å². The van der Waals surface area contributed by atoms with Gasteiger partial charge in [-0.2, -0.15) is 0 Å². The van der Waals surface area contributed by atoms with Gasteiger partial charge in [0, 0.05) is 12.0 Å². The van der Waals surface area contributed by atoms with E-state index in [2.05, 4.69) is 5.32 Å². The predicted octanol–water partition coefficient (Wildman–Crippen LogP) is 2.30. The van der Waals surface area contributed by atoms with Crippen molar-refractivity contribution >= 4 is 18.0 Å². The highest BCUT2D eigenvalue weighted by Gasteiger charge is 2.34. The van der Waals surface area contributed by atoms with E-state index in [1.54, 1.807) is 6.08 Å². The summed E-state index contributed by atoms with van der Waals surface area (Å²) in [6.07, 6.45) is 2.17. The van der Waals surface area contributed by atoms with Crippen LogP contribution in [0.5, 0.6) is 0 Å². The molecule has 0 aliphatic carbocycles. The van der Waals surface area contributed by atoms with Crippen molar-refractivity contribution in [3.63, 3.8) is 0 Å². The van der Waals surface area contributed by atoms with E-state index in [-0.39, 0.29) is 11.9 Å². The summed E-state index contributed by atoms with van der Waals surface area (Å²) in [5, 5.41) is 2.66. The lowest BCUT2D eigenvalue weighted by Gasteiger charge is -2.21. The topological polar surface area (TPSA) is 55.4 Å². The highest BCUT2D eigenvalue weighted by molar-refractivity contribution is 6.03. The van der Waals surface area contributed by atoms with Crippen LogP contribution < -0.4 is 5.32 Å². The first kappa shape index (κ1) is 14.3. The Morgan fingerprint density at radius 1 is 1.30 bits per heavy atom. The minimum atomic E-state index is -0.586. The number of esters is 1. The lowest BCUT2D eigenvalue weighted by atomic mass is 10.1. The largest absolute Gasteiger partial charge is 0.458 e. The quantitative estimate of drug-likeness (QED) is 0.664. The van der Waals surface area contributed by atoms with Gasteiger partial charge in [0.05, 0.1) is 0 Å². The van der Waals surface area contributed by atoms with Crippen molar-refractivity contribution in [1.29, 1.82) is 0 Å². The van der Waals surface area contributed by atoms with Crippen molar-refractivity contribution in [2.24, 2.45) is 0 Å². The van der Waals surface area contributed by atoms with Crippen LogP contribution in [0, 0.1) is 0 Å². The molecule has 2 rings (SSSR count). The summed E-state index contributed by atoms with van der Waals surface area (Å²) in [4.78, 5) is 23.8. The molecule has 1 amide bonds. The van der Waals surface area contributed by atoms with Gasteiger partial charge in [-0.1, -0.05) is 30.3 Å². The van der Waals surface area contributed by atoms with Crippen molar-refractivity contribution in [2.45, 2.75) is 38.8 Å². The van der Waals surface area contributed by atoms with Gasteiger partial charge in [0.1, 0.15) is 11.6 Å². The van der Waals surface area contributed by atoms with Gasteiger partial charge < -0.3 is 10.1 Å². The van der Waals surface area contributed by atoms with Crippen LogP contribution >= 0.6 is 0 Å². The van der Waals surface area contributed by atoms with Crippen molar-refractivity contribution in [1.82, 2.24) is 5.32 Å². The Morgan fingerprint density at radius 3 is 2.55 bits per heavy atom. The molecule has 1 aromatic carbocycles. The summed E-state index contributed by atoms with van der Waals surface area (Å²) in [6, 6.07) is 8.98. The monoisotopic (exact) mass is 273 g/mol. The fourth-order valence-corrected chi connectivity index (χ4v) is 2.00. The van der Waals surface area contributed by atoms with E-state index < -0.39 is 11.6 Å². The summed E-state index contributed by atoms with van der Waals surface area (Å²) < 4.78 is 5.29. The van der Waals surface area contributed by atoms with Gasteiger partial charge in [-0.25, -0.2) is 4.79 Å². The molecule has 0 bridgehead atoms. The zero-order valence-electron chi connectivity index (χ0n) is 12.0. The molecule has 106 valence electrons. The summed E-state index contributed by atoms with van der Waals surface area (Å²) in [7, 11) is 0. The molecule has 0 spiro atoms. The van der Waals surface area contributed by atoms with Gasteiger partial charge in [-0.3, -0.25) is 4.79 Å². The molecular weight excluding hydrogens is 254 g/mol. The first-order valence-corrected chi connectivity index (χ1v) is 6.64. The Balaban J connectivity index is 2.08. The number of hydrogen-bond donors (Lipinski definition) is 1. The molecule has 0 unspecified atom stereocenters. The van der Waals surface area contributed by atoms with Gasteiger partial charge >= 0.3 is 5.97 Å². The maximum Gasteiger partial charge on any atom is 0.329 e. The van der Waals surface area contributed by atoms with E-state index in [0.29, 0.717) is 12.0 Å². The Bertz CT molecular complexity index is 541. The van der Waals surface area contributed by atoms with Crippen LogP contribution in [0.2, 0.25) is 0 Å². The Hall–Kier alpha value is -2.10. The zero-order valence-corrected chi connectivity index (χ0v) is 12.0. The van der Waals surface area contributed by atoms with Crippen LogP contribution in [0.4, 0.5) is 0 Å². The normalized spacial score (nSPS) is 20.9. The number of amides is 1. The van der Waals surface area contributed by atoms with Crippen LogP contribution in [0.3, 0.4) is 0 Å². The molecule has 4 heteroatoms. The number of hydrogen-bond acceptors (Lipinski definition) is 3. The number of nitrogens with one attached hydrogen (secondary N) is 1. The highest BCUT2D eigenvalue weighted by atomic mass is 16.6. The fraction of sp³-hybridized carbons (Fsp3) is 0.375. The molecule has 1 aromatic rings. The van der Waals surface area contributed by atoms with Gasteiger partial charge in [0.2, 0.25) is 5.91 Å². The van der Waals surface area contributed by atoms with Gasteiger partial charge in [0.25, 0.3) is 0 Å². The molecule has 1 atom stereocenters. The summed E-state index contributed by atoms with van der Waals surface area (Å²) in [5.74, 6) is -0.591. The lowest BCUT2D eigenvalue weighted by Crippen LogP contribution is -2.38. The molecule has 1 N–H and O–H groups in total. The minimum Gasteiger partial charge on any atom is -0.458 e. The standard InChI is InChI=1S/C16H19NO3/c1-16(2,3)20-15(19)13-10-12(14(18)17-13)9-11-7-5-4-6-8-11/h4-9,13H,10H2,1-3H3,(H,17,18)/b12-9-/t13-/m0/s1. The second-order valence-corrected chi connectivity index (χ2v) is 5.84. The van der Waals surface area contributed by atoms with E-state index in [4.69, 9.17) is 4.74 Å². The molecule has 20 heavy (non-hydrogen) atoms. The molecule has 4 nitrogen and oxygen atoms in total. The van der Waals surface area contributed by atoms with E-state index in [9.17, 15) is 9.59 Å². The average Bonchev–Trinajstić information content (AvgIpc) is 2.70. The Labute approximate surface area is 118 Å². The summed E-state index contributed by atoms with van der Waals surface area (Å²) in [6.45, 7) is 5.42. The van der Waals surface area contributed by atoms with Crippen molar-refractivity contribution in [2.75, 3.05) is 0 Å². The van der Waals surface area contributed by atoms with Crippen LogP contribution in [0.15, 0.2) is 35.9 Å². The molecule has 1 saturated heterocycles. The number of carbonyl (C=O) groups is 2. The van der Waals surface area contributed by atoms with Crippen LogP contribution in [-0.4, -0.2) is 23.5 Å². The third kappa shape index (κ3) is 3.70. The molecule has 1 aliphatic rings. The zero-order chi connectivity index (χ0) is 14.8. The first-order valence-electron chi connectivity index (χ1n) is 6.64. The Kier molecular flexibility index (Phi) is 3.93. The van der Waals surface area contributed by atoms with Crippen molar-refractivity contribution in [3.8, 4) is 0 Å². The summed E-state index contributed by atoms with van der Waals surface area (Å²) >= 11 is 0. The van der Waals surface area contributed by atoms with Crippen LogP contribution in [-0.2, 0) is 14.3 Å². The van der Waals surface area contributed by atoms with Crippen LogP contribution in [0.1, 0.15) is 32.8 Å². The van der Waals surface area contributed by atoms with E-state index in [1.165, 1.54) is 0 Å². The SMILES string of the molecule is CC(C)(C)OC(=O)[C@@H]1C/C(=C/c2ccccc2)C(=O)N1. The van der Waals surface area contributed by atoms with Crippen molar-refractivity contribution < 1.29 is 14.3 Å². The van der Waals surface area contributed by atoms with Crippen molar-refractivity contribution in [3.05, 3.63) is 41.5 Å². The molecule has 1 fully saturated rings. The number of benzene rings is 1. The van der Waals surface area contributed by atoms with Crippen LogP contribution in [0.25, 0.3) is 6.08 Å². The summed E-state index contributed by atoms with van der Waals surface area (Å²) in [5.41, 5.74) is 1.00. The molecule has 0 radical (unpaired) electrons. The average molecular weight is 273 g/mol. The fourth-order valence-electron chi connectivity index (χ4n) is 2.00. The highest BCUT2D eigenvalue weighted by Crippen LogP contribution is 2.20. The second kappa shape index (κ2) is 5.49. The smallest absolute Gasteiger partial charge is 0.329 e. The van der Waals surface area contributed by atoms with Gasteiger partial charge in [0.15, 0.2) is 0 Å². The molecule has 0 aromatic heterocycles.